The maximum atomic E-state index is 12.2. The molecule has 2 unspecified atom stereocenters. The highest BCUT2D eigenvalue weighted by Crippen LogP contribution is 2.21. The molecule has 0 spiro atoms. The van der Waals surface area contributed by atoms with E-state index >= 15 is 0 Å². The van der Waals surface area contributed by atoms with Gasteiger partial charge in [-0.15, -0.1) is 0 Å². The van der Waals surface area contributed by atoms with Crippen LogP contribution in [-0.4, -0.2) is 48.7 Å². The largest absolute Gasteiger partial charge is 0.465 e. The fraction of sp³-hybridized carbons (Fsp3) is 0.938. The second-order valence-electron chi connectivity index (χ2n) is 6.47. The Morgan fingerprint density at radius 2 is 2.15 bits per heavy atom. The number of hydrogen-bond acceptors (Lipinski definition) is 4. The fourth-order valence-electron chi connectivity index (χ4n) is 2.99. The van der Waals surface area contributed by atoms with E-state index in [-0.39, 0.29) is 12.0 Å². The SMILES string of the molecule is CCOC(=O)C(C)(CCN1CCC(CC)C1)NC(C)C. The first-order chi connectivity index (χ1) is 9.41. The molecule has 4 nitrogen and oxygen atoms in total. The zero-order chi connectivity index (χ0) is 15.2. The molecule has 1 saturated heterocycles. The molecular weight excluding hydrogens is 252 g/mol. The molecule has 1 heterocycles. The van der Waals surface area contributed by atoms with E-state index in [0.717, 1.165) is 18.9 Å². The van der Waals surface area contributed by atoms with Gasteiger partial charge in [0.2, 0.25) is 0 Å². The van der Waals surface area contributed by atoms with E-state index in [0.29, 0.717) is 6.61 Å². The number of carbonyl (C=O) groups is 1. The number of nitrogens with one attached hydrogen (secondary N) is 1. The van der Waals surface area contributed by atoms with E-state index in [1.165, 1.54) is 25.9 Å². The summed E-state index contributed by atoms with van der Waals surface area (Å²) in [6.07, 6.45) is 3.36. The van der Waals surface area contributed by atoms with Crippen LogP contribution in [0.1, 0.15) is 53.9 Å². The van der Waals surface area contributed by atoms with Crippen LogP contribution < -0.4 is 5.32 Å². The molecule has 1 aliphatic heterocycles. The summed E-state index contributed by atoms with van der Waals surface area (Å²) in [5.74, 6) is 0.710. The van der Waals surface area contributed by atoms with Gasteiger partial charge in [0.15, 0.2) is 0 Å². The lowest BCUT2D eigenvalue weighted by Crippen LogP contribution is -2.54. The summed E-state index contributed by atoms with van der Waals surface area (Å²) in [4.78, 5) is 14.7. The second-order valence-corrected chi connectivity index (χ2v) is 6.47. The normalized spacial score (nSPS) is 23.0. The van der Waals surface area contributed by atoms with Gasteiger partial charge in [-0.1, -0.05) is 13.3 Å². The van der Waals surface area contributed by atoms with Crippen molar-refractivity contribution >= 4 is 5.97 Å². The monoisotopic (exact) mass is 284 g/mol. The second kappa shape index (κ2) is 7.99. The molecule has 0 saturated carbocycles. The molecule has 0 aliphatic carbocycles. The number of rotatable bonds is 8. The van der Waals surface area contributed by atoms with Crippen LogP contribution in [0.4, 0.5) is 0 Å². The van der Waals surface area contributed by atoms with Gasteiger partial charge < -0.3 is 9.64 Å². The molecule has 0 aromatic carbocycles. The highest BCUT2D eigenvalue weighted by atomic mass is 16.5. The van der Waals surface area contributed by atoms with Crippen molar-refractivity contribution in [3.63, 3.8) is 0 Å². The van der Waals surface area contributed by atoms with E-state index < -0.39 is 5.54 Å². The van der Waals surface area contributed by atoms with Gasteiger partial charge in [-0.25, -0.2) is 0 Å². The summed E-state index contributed by atoms with van der Waals surface area (Å²) in [7, 11) is 0. The van der Waals surface area contributed by atoms with Crippen LogP contribution in [0.15, 0.2) is 0 Å². The van der Waals surface area contributed by atoms with Crippen molar-refractivity contribution in [2.24, 2.45) is 5.92 Å². The van der Waals surface area contributed by atoms with E-state index in [1.807, 2.05) is 13.8 Å². The van der Waals surface area contributed by atoms with E-state index in [9.17, 15) is 4.79 Å². The lowest BCUT2D eigenvalue weighted by Gasteiger charge is -2.32. The molecule has 118 valence electrons. The first kappa shape index (κ1) is 17.4. The summed E-state index contributed by atoms with van der Waals surface area (Å²) in [5, 5.41) is 3.39. The smallest absolute Gasteiger partial charge is 0.326 e. The van der Waals surface area contributed by atoms with E-state index in [1.54, 1.807) is 0 Å². The molecule has 1 fully saturated rings. The summed E-state index contributed by atoms with van der Waals surface area (Å²) in [6, 6.07) is 0.270. The molecule has 0 bridgehead atoms. The lowest BCUT2D eigenvalue weighted by molar-refractivity contribution is -0.151. The Kier molecular flexibility index (Phi) is 6.96. The Morgan fingerprint density at radius 1 is 1.45 bits per heavy atom. The zero-order valence-electron chi connectivity index (χ0n) is 13.9. The minimum atomic E-state index is -0.575. The topological polar surface area (TPSA) is 41.6 Å². The van der Waals surface area contributed by atoms with Gasteiger partial charge >= 0.3 is 5.97 Å². The first-order valence-corrected chi connectivity index (χ1v) is 8.08. The molecule has 4 heteroatoms. The standard InChI is InChI=1S/C16H32N2O2/c1-6-14-8-10-18(12-14)11-9-16(5,17-13(3)4)15(19)20-7-2/h13-14,17H,6-12H2,1-5H3. The number of carbonyl (C=O) groups excluding carboxylic acids is 1. The molecule has 1 rings (SSSR count). The third-order valence-corrected chi connectivity index (χ3v) is 4.21. The van der Waals surface area contributed by atoms with Crippen LogP contribution in [0, 0.1) is 5.92 Å². The number of likely N-dealkylation sites (tertiary alicyclic amines) is 1. The maximum absolute atomic E-state index is 12.2. The molecule has 0 aromatic rings. The summed E-state index contributed by atoms with van der Waals surface area (Å²) in [6.45, 7) is 14.0. The molecule has 20 heavy (non-hydrogen) atoms. The van der Waals surface area contributed by atoms with Gasteiger partial charge in [0.25, 0.3) is 0 Å². The molecule has 0 amide bonds. The predicted octanol–water partition coefficient (Wildman–Crippen LogP) is 2.43. The molecule has 1 N–H and O–H groups in total. The van der Waals surface area contributed by atoms with Crippen molar-refractivity contribution in [2.75, 3.05) is 26.2 Å². The van der Waals surface area contributed by atoms with Gasteiger partial charge in [-0.2, -0.15) is 0 Å². The van der Waals surface area contributed by atoms with Crippen molar-refractivity contribution in [1.29, 1.82) is 0 Å². The number of esters is 1. The Morgan fingerprint density at radius 3 is 2.65 bits per heavy atom. The minimum absolute atomic E-state index is 0.125. The average Bonchev–Trinajstić information content (AvgIpc) is 2.84. The Bertz CT molecular complexity index is 307. The van der Waals surface area contributed by atoms with Crippen molar-refractivity contribution in [1.82, 2.24) is 10.2 Å². The van der Waals surface area contributed by atoms with Crippen molar-refractivity contribution < 1.29 is 9.53 Å². The van der Waals surface area contributed by atoms with Crippen LogP contribution in [-0.2, 0) is 9.53 Å². The molecular formula is C16H32N2O2. The van der Waals surface area contributed by atoms with Crippen molar-refractivity contribution in [3.05, 3.63) is 0 Å². The fourth-order valence-corrected chi connectivity index (χ4v) is 2.99. The predicted molar refractivity (Wildman–Crippen MR) is 82.8 cm³/mol. The number of hydrogen-bond donors (Lipinski definition) is 1. The third kappa shape index (κ3) is 5.06. The average molecular weight is 284 g/mol. The first-order valence-electron chi connectivity index (χ1n) is 8.08. The van der Waals surface area contributed by atoms with Gasteiger partial charge in [0.05, 0.1) is 6.61 Å². The molecule has 0 radical (unpaired) electrons. The van der Waals surface area contributed by atoms with Gasteiger partial charge in [-0.3, -0.25) is 10.1 Å². The lowest BCUT2D eigenvalue weighted by atomic mass is 9.96. The summed E-state index contributed by atoms with van der Waals surface area (Å²) >= 11 is 0. The van der Waals surface area contributed by atoms with Crippen LogP contribution >= 0.6 is 0 Å². The van der Waals surface area contributed by atoms with Gasteiger partial charge in [-0.05, 0) is 53.0 Å². The van der Waals surface area contributed by atoms with E-state index in [4.69, 9.17) is 4.74 Å². The maximum Gasteiger partial charge on any atom is 0.326 e. The van der Waals surface area contributed by atoms with Gasteiger partial charge in [0, 0.05) is 19.1 Å². The van der Waals surface area contributed by atoms with Crippen LogP contribution in [0.5, 0.6) is 0 Å². The number of ether oxygens (including phenoxy) is 1. The van der Waals surface area contributed by atoms with E-state index in [2.05, 4.69) is 31.0 Å². The van der Waals surface area contributed by atoms with Crippen molar-refractivity contribution in [3.8, 4) is 0 Å². The highest BCUT2D eigenvalue weighted by molar-refractivity contribution is 5.80. The third-order valence-electron chi connectivity index (χ3n) is 4.21. The quantitative estimate of drug-likeness (QED) is 0.695. The van der Waals surface area contributed by atoms with Gasteiger partial charge in [0.1, 0.15) is 5.54 Å². The highest BCUT2D eigenvalue weighted by Gasteiger charge is 2.36. The number of nitrogens with zero attached hydrogens (tertiary/aromatic N) is 1. The Labute approximate surface area is 124 Å². The molecule has 1 aliphatic rings. The van der Waals surface area contributed by atoms with Crippen LogP contribution in [0.3, 0.4) is 0 Å². The zero-order valence-corrected chi connectivity index (χ0v) is 13.9. The summed E-state index contributed by atoms with van der Waals surface area (Å²) < 4.78 is 5.25. The van der Waals surface area contributed by atoms with Crippen molar-refractivity contribution in [2.45, 2.75) is 65.5 Å². The minimum Gasteiger partial charge on any atom is -0.465 e. The molecule has 2 atom stereocenters. The summed E-state index contributed by atoms with van der Waals surface area (Å²) in [5.41, 5.74) is -0.575. The molecule has 0 aromatic heterocycles. The Hall–Kier alpha value is -0.610. The van der Waals surface area contributed by atoms with Crippen LogP contribution in [0.25, 0.3) is 0 Å². The Balaban J connectivity index is 2.54. The van der Waals surface area contributed by atoms with Crippen LogP contribution in [0.2, 0.25) is 0 Å².